The van der Waals surface area contributed by atoms with E-state index in [9.17, 15) is 8.42 Å². The van der Waals surface area contributed by atoms with Gasteiger partial charge >= 0.3 is 0 Å². The minimum Gasteiger partial charge on any atom is -0.354 e. The molecule has 0 aromatic carbocycles. The Morgan fingerprint density at radius 2 is 1.92 bits per heavy atom. The average Bonchev–Trinajstić information content (AvgIpc) is 2.95. The fourth-order valence-corrected chi connectivity index (χ4v) is 5.44. The van der Waals surface area contributed by atoms with Crippen molar-refractivity contribution in [3.8, 4) is 0 Å². The van der Waals surface area contributed by atoms with Crippen LogP contribution in [-0.4, -0.2) is 80.1 Å². The molecule has 3 heterocycles. The molecule has 1 atom stereocenters. The van der Waals surface area contributed by atoms with E-state index in [1.54, 1.807) is 0 Å². The van der Waals surface area contributed by atoms with Gasteiger partial charge in [0.25, 0.3) is 0 Å². The Kier molecular flexibility index (Phi) is 5.48. The number of piperazine rings is 1. The third-order valence-corrected chi connectivity index (χ3v) is 6.97. The lowest BCUT2D eigenvalue weighted by Crippen LogP contribution is -2.46. The molecule has 7 nitrogen and oxygen atoms in total. The van der Waals surface area contributed by atoms with Gasteiger partial charge in [0.05, 0.1) is 11.5 Å². The summed E-state index contributed by atoms with van der Waals surface area (Å²) in [6.07, 6.45) is 0.665. The summed E-state index contributed by atoms with van der Waals surface area (Å²) in [7, 11) is -2.92. The summed E-state index contributed by atoms with van der Waals surface area (Å²) in [5.41, 5.74) is 0.928. The van der Waals surface area contributed by atoms with Crippen molar-refractivity contribution in [1.82, 2.24) is 14.9 Å². The fourth-order valence-electron chi connectivity index (χ4n) is 3.70. The van der Waals surface area contributed by atoms with Gasteiger partial charge in [-0.05, 0) is 26.8 Å². The molecule has 2 aliphatic rings. The lowest BCUT2D eigenvalue weighted by atomic mass is 10.2. The monoisotopic (exact) mass is 367 g/mol. The van der Waals surface area contributed by atoms with Gasteiger partial charge in [-0.3, -0.25) is 0 Å². The van der Waals surface area contributed by atoms with Crippen molar-refractivity contribution < 1.29 is 8.42 Å². The molecule has 0 bridgehead atoms. The van der Waals surface area contributed by atoms with Gasteiger partial charge in [0.1, 0.15) is 5.82 Å². The molecule has 1 aromatic rings. The minimum atomic E-state index is -2.92. The van der Waals surface area contributed by atoms with E-state index in [1.807, 2.05) is 19.9 Å². The zero-order valence-corrected chi connectivity index (χ0v) is 16.3. The molecule has 0 spiro atoms. The topological polar surface area (TPSA) is 69.6 Å². The Bertz CT molecular complexity index is 701. The van der Waals surface area contributed by atoms with Gasteiger partial charge in [-0.15, -0.1) is 0 Å². The average molecular weight is 368 g/mol. The first-order valence-corrected chi connectivity index (χ1v) is 11.0. The van der Waals surface area contributed by atoms with Crippen LogP contribution in [0.4, 0.5) is 11.8 Å². The molecule has 0 N–H and O–H groups in total. The molecule has 0 saturated carbocycles. The Morgan fingerprint density at radius 1 is 1.20 bits per heavy atom. The van der Waals surface area contributed by atoms with Crippen molar-refractivity contribution in [2.75, 3.05) is 60.6 Å². The van der Waals surface area contributed by atoms with Crippen LogP contribution in [0.15, 0.2) is 6.07 Å². The smallest absolute Gasteiger partial charge is 0.227 e. The van der Waals surface area contributed by atoms with Crippen molar-refractivity contribution in [2.24, 2.45) is 0 Å². The first-order valence-electron chi connectivity index (χ1n) is 9.22. The predicted molar refractivity (Wildman–Crippen MR) is 101 cm³/mol. The van der Waals surface area contributed by atoms with Gasteiger partial charge in [0.15, 0.2) is 9.84 Å². The summed E-state index contributed by atoms with van der Waals surface area (Å²) in [4.78, 5) is 16.2. The third kappa shape index (κ3) is 4.23. The zero-order chi connectivity index (χ0) is 18.0. The van der Waals surface area contributed by atoms with Gasteiger partial charge in [-0.2, -0.15) is 4.98 Å². The van der Waals surface area contributed by atoms with Crippen LogP contribution in [0.1, 0.15) is 26.0 Å². The highest BCUT2D eigenvalue weighted by Crippen LogP contribution is 2.24. The lowest BCUT2D eigenvalue weighted by Gasteiger charge is -2.35. The van der Waals surface area contributed by atoms with Gasteiger partial charge in [0, 0.05) is 50.5 Å². The van der Waals surface area contributed by atoms with E-state index in [0.717, 1.165) is 44.2 Å². The van der Waals surface area contributed by atoms with Crippen molar-refractivity contribution in [1.29, 1.82) is 0 Å². The molecule has 0 aliphatic carbocycles. The third-order valence-electron chi connectivity index (χ3n) is 5.22. The number of likely N-dealkylation sites (N-methyl/N-ethyl adjacent to an activating group) is 1. The molecule has 0 radical (unpaired) electrons. The maximum Gasteiger partial charge on any atom is 0.227 e. The van der Waals surface area contributed by atoms with E-state index in [-0.39, 0.29) is 17.5 Å². The molecule has 2 saturated heterocycles. The maximum atomic E-state index is 11.9. The first kappa shape index (κ1) is 18.4. The van der Waals surface area contributed by atoms with Gasteiger partial charge in [-0.1, -0.05) is 6.92 Å². The Morgan fingerprint density at radius 3 is 2.48 bits per heavy atom. The molecule has 25 heavy (non-hydrogen) atoms. The minimum absolute atomic E-state index is 0.0124. The van der Waals surface area contributed by atoms with E-state index < -0.39 is 9.84 Å². The molecule has 8 heteroatoms. The second-order valence-corrected chi connectivity index (χ2v) is 9.16. The van der Waals surface area contributed by atoms with E-state index >= 15 is 0 Å². The molecule has 0 amide bonds. The van der Waals surface area contributed by atoms with E-state index in [2.05, 4.69) is 26.6 Å². The molecule has 1 unspecified atom stereocenters. The number of rotatable bonds is 5. The fraction of sp³-hybridized carbons (Fsp3) is 0.765. The SMILES string of the molecule is CCN1CCN(c2cc(C)nc(N(CC)C3CCS(=O)(=O)C3)n2)CC1. The summed E-state index contributed by atoms with van der Waals surface area (Å²) >= 11 is 0. The van der Waals surface area contributed by atoms with E-state index in [0.29, 0.717) is 18.9 Å². The molecular formula is C17H29N5O2S. The molecule has 2 fully saturated rings. The van der Waals surface area contributed by atoms with Gasteiger partial charge < -0.3 is 14.7 Å². The molecule has 1 aromatic heterocycles. The number of anilines is 2. The van der Waals surface area contributed by atoms with Crippen LogP contribution in [0.25, 0.3) is 0 Å². The zero-order valence-electron chi connectivity index (χ0n) is 15.5. The quantitative estimate of drug-likeness (QED) is 0.767. The van der Waals surface area contributed by atoms with Crippen LogP contribution in [0, 0.1) is 6.92 Å². The Labute approximate surface area is 151 Å². The highest BCUT2D eigenvalue weighted by Gasteiger charge is 2.33. The van der Waals surface area contributed by atoms with Crippen LogP contribution < -0.4 is 9.80 Å². The van der Waals surface area contributed by atoms with Crippen LogP contribution in [0.5, 0.6) is 0 Å². The van der Waals surface area contributed by atoms with E-state index in [1.165, 1.54) is 0 Å². The lowest BCUT2D eigenvalue weighted by molar-refractivity contribution is 0.270. The van der Waals surface area contributed by atoms with Crippen LogP contribution in [0.2, 0.25) is 0 Å². The van der Waals surface area contributed by atoms with Gasteiger partial charge in [0.2, 0.25) is 5.95 Å². The summed E-state index contributed by atoms with van der Waals surface area (Å²) in [6, 6.07) is 2.02. The number of sulfone groups is 1. The van der Waals surface area contributed by atoms with Crippen molar-refractivity contribution in [2.45, 2.75) is 33.2 Å². The number of nitrogens with zero attached hydrogens (tertiary/aromatic N) is 5. The molecule has 2 aliphatic heterocycles. The summed E-state index contributed by atoms with van der Waals surface area (Å²) < 4.78 is 23.7. The Balaban J connectivity index is 1.81. The van der Waals surface area contributed by atoms with Crippen LogP contribution in [-0.2, 0) is 9.84 Å². The van der Waals surface area contributed by atoms with Crippen molar-refractivity contribution in [3.05, 3.63) is 11.8 Å². The van der Waals surface area contributed by atoms with Gasteiger partial charge in [-0.25, -0.2) is 13.4 Å². The van der Waals surface area contributed by atoms with E-state index in [4.69, 9.17) is 4.98 Å². The molecule has 3 rings (SSSR count). The number of hydrogen-bond acceptors (Lipinski definition) is 7. The second kappa shape index (κ2) is 7.45. The van der Waals surface area contributed by atoms with Crippen molar-refractivity contribution in [3.63, 3.8) is 0 Å². The second-order valence-electron chi connectivity index (χ2n) is 6.93. The van der Waals surface area contributed by atoms with Crippen molar-refractivity contribution >= 4 is 21.6 Å². The highest BCUT2D eigenvalue weighted by molar-refractivity contribution is 7.91. The summed E-state index contributed by atoms with van der Waals surface area (Å²) in [6.45, 7) is 12.0. The maximum absolute atomic E-state index is 11.9. The normalized spacial score (nSPS) is 23.8. The Hall–Kier alpha value is -1.41. The number of aromatic nitrogens is 2. The largest absolute Gasteiger partial charge is 0.354 e. The molecular weight excluding hydrogens is 338 g/mol. The number of hydrogen-bond donors (Lipinski definition) is 0. The predicted octanol–water partition coefficient (Wildman–Crippen LogP) is 0.940. The molecule has 140 valence electrons. The highest BCUT2D eigenvalue weighted by atomic mass is 32.2. The summed E-state index contributed by atoms with van der Waals surface area (Å²) in [5.74, 6) is 2.10. The van der Waals surface area contributed by atoms with Crippen LogP contribution >= 0.6 is 0 Å². The first-order chi connectivity index (χ1) is 11.9. The summed E-state index contributed by atoms with van der Waals surface area (Å²) in [5, 5.41) is 0. The number of aryl methyl sites for hydroxylation is 1. The standard InChI is InChI=1S/C17H29N5O2S/c1-4-20-7-9-21(10-8-20)16-12-14(3)18-17(19-16)22(5-2)15-6-11-25(23,24)13-15/h12,15H,4-11,13H2,1-3H3. The van der Waals surface area contributed by atoms with Crippen LogP contribution in [0.3, 0.4) is 0 Å².